The molecule has 3 atom stereocenters. The Balaban J connectivity index is 1.87. The van der Waals surface area contributed by atoms with E-state index in [0.717, 1.165) is 0 Å². The lowest BCUT2D eigenvalue weighted by Gasteiger charge is -2.24. The van der Waals surface area contributed by atoms with Crippen LogP contribution in [0.15, 0.2) is 33.5 Å². The zero-order valence-corrected chi connectivity index (χ0v) is 14.9. The van der Waals surface area contributed by atoms with Crippen LogP contribution < -0.4 is 14.9 Å². The number of alkyl halides is 1. The number of aromatic hydroxyl groups is 1. The van der Waals surface area contributed by atoms with Crippen molar-refractivity contribution in [2.75, 3.05) is 19.6 Å². The van der Waals surface area contributed by atoms with Gasteiger partial charge in [0.15, 0.2) is 23.0 Å². The molecular formula is C19H15ClO7. The minimum absolute atomic E-state index is 0.00518. The number of fused-ring (bicyclic) bond motifs is 6. The van der Waals surface area contributed by atoms with Crippen molar-refractivity contribution in [2.45, 2.75) is 17.8 Å². The van der Waals surface area contributed by atoms with E-state index in [4.69, 9.17) is 30.2 Å². The summed E-state index contributed by atoms with van der Waals surface area (Å²) in [5.74, 6) is 0.336. The predicted molar refractivity (Wildman–Crippen MR) is 97.0 cm³/mol. The zero-order chi connectivity index (χ0) is 18.9. The highest BCUT2D eigenvalue weighted by atomic mass is 35.5. The van der Waals surface area contributed by atoms with Gasteiger partial charge in [-0.05, 0) is 12.1 Å². The molecule has 27 heavy (non-hydrogen) atoms. The summed E-state index contributed by atoms with van der Waals surface area (Å²) in [6.07, 6.45) is -1.42. The maximum atomic E-state index is 13.0. The number of aliphatic hydroxyl groups is 1. The SMILES string of the molecule is COc1cccc2c(=O)c3c(O)cc4c(c3oc12)[C@@H]1OC[C@](O)(CCl)[C@@H]1O4. The fourth-order valence-corrected chi connectivity index (χ4v) is 4.10. The Labute approximate surface area is 157 Å². The third kappa shape index (κ3) is 2.07. The number of rotatable bonds is 2. The first-order valence-electron chi connectivity index (χ1n) is 8.34. The van der Waals surface area contributed by atoms with Gasteiger partial charge < -0.3 is 28.8 Å². The van der Waals surface area contributed by atoms with Crippen LogP contribution in [-0.4, -0.2) is 41.5 Å². The molecule has 1 aromatic heterocycles. The number of para-hydroxylation sites is 1. The first-order chi connectivity index (χ1) is 13.0. The molecule has 5 rings (SSSR count). The summed E-state index contributed by atoms with van der Waals surface area (Å²) in [5.41, 5.74) is -0.877. The topological polar surface area (TPSA) is 98.4 Å². The quantitative estimate of drug-likeness (QED) is 0.512. The highest BCUT2D eigenvalue weighted by Gasteiger charge is 2.56. The second kappa shape index (κ2) is 5.51. The molecule has 140 valence electrons. The third-order valence-electron chi connectivity index (χ3n) is 5.22. The lowest BCUT2D eigenvalue weighted by Crippen LogP contribution is -2.45. The molecule has 0 unspecified atom stereocenters. The minimum atomic E-state index is -1.37. The zero-order valence-electron chi connectivity index (χ0n) is 14.2. The maximum absolute atomic E-state index is 13.0. The number of hydrogen-bond acceptors (Lipinski definition) is 7. The molecule has 2 aromatic carbocycles. The average molecular weight is 391 g/mol. The van der Waals surface area contributed by atoms with Gasteiger partial charge in [-0.2, -0.15) is 0 Å². The Kier molecular flexibility index (Phi) is 3.40. The third-order valence-corrected chi connectivity index (χ3v) is 5.69. The summed E-state index contributed by atoms with van der Waals surface area (Å²) < 4.78 is 22.9. The van der Waals surface area contributed by atoms with Gasteiger partial charge in [-0.3, -0.25) is 4.79 Å². The fraction of sp³-hybridized carbons (Fsp3) is 0.316. The van der Waals surface area contributed by atoms with Crippen molar-refractivity contribution in [3.05, 3.63) is 40.1 Å². The Morgan fingerprint density at radius 3 is 2.93 bits per heavy atom. The molecule has 0 aliphatic carbocycles. The van der Waals surface area contributed by atoms with Crippen molar-refractivity contribution >= 4 is 33.5 Å². The number of hydrogen-bond donors (Lipinski definition) is 2. The number of methoxy groups -OCH3 is 1. The van der Waals surface area contributed by atoms with Crippen molar-refractivity contribution in [1.29, 1.82) is 0 Å². The summed E-state index contributed by atoms with van der Waals surface area (Å²) in [6, 6.07) is 6.30. The van der Waals surface area contributed by atoms with E-state index >= 15 is 0 Å². The summed E-state index contributed by atoms with van der Waals surface area (Å²) in [4.78, 5) is 13.0. The summed E-state index contributed by atoms with van der Waals surface area (Å²) >= 11 is 5.90. The molecule has 2 N–H and O–H groups in total. The first kappa shape index (κ1) is 16.7. The summed E-state index contributed by atoms with van der Waals surface area (Å²) in [6.45, 7) is -0.00518. The lowest BCUT2D eigenvalue weighted by molar-refractivity contribution is -0.0116. The molecule has 2 aliphatic heterocycles. The lowest BCUT2D eigenvalue weighted by atomic mass is 9.95. The van der Waals surface area contributed by atoms with Gasteiger partial charge in [0.05, 0.1) is 30.5 Å². The smallest absolute Gasteiger partial charge is 0.204 e. The van der Waals surface area contributed by atoms with Gasteiger partial charge in [0, 0.05) is 6.07 Å². The standard InChI is InChI=1S/C19H15ClO7/c1-24-10-4-2-3-8-14(22)12-9(21)5-11-13(16(12)27-15(8)10)17-18(26-11)19(23,6-20)7-25-17/h2-5,17-18,21,23H,6-7H2,1H3/t17-,18+,19+/m0/s1. The van der Waals surface area contributed by atoms with Gasteiger partial charge in [-0.1, -0.05) is 6.07 Å². The van der Waals surface area contributed by atoms with Crippen LogP contribution in [0.5, 0.6) is 17.2 Å². The molecule has 3 aromatic rings. The molecule has 0 amide bonds. The van der Waals surface area contributed by atoms with Crippen LogP contribution in [0.2, 0.25) is 0 Å². The van der Waals surface area contributed by atoms with E-state index in [1.807, 2.05) is 0 Å². The van der Waals surface area contributed by atoms with Crippen LogP contribution >= 0.6 is 11.6 Å². The van der Waals surface area contributed by atoms with Crippen LogP contribution in [-0.2, 0) is 4.74 Å². The molecule has 3 heterocycles. The van der Waals surface area contributed by atoms with Crippen molar-refractivity contribution in [3.63, 3.8) is 0 Å². The van der Waals surface area contributed by atoms with Crippen molar-refractivity contribution in [1.82, 2.24) is 0 Å². The van der Waals surface area contributed by atoms with E-state index in [9.17, 15) is 15.0 Å². The molecular weight excluding hydrogens is 376 g/mol. The second-order valence-electron chi connectivity index (χ2n) is 6.79. The van der Waals surface area contributed by atoms with E-state index < -0.39 is 17.8 Å². The van der Waals surface area contributed by atoms with Crippen LogP contribution in [0.4, 0.5) is 0 Å². The van der Waals surface area contributed by atoms with E-state index in [2.05, 4.69) is 0 Å². The van der Waals surface area contributed by atoms with Crippen molar-refractivity contribution in [3.8, 4) is 17.2 Å². The second-order valence-corrected chi connectivity index (χ2v) is 7.05. The van der Waals surface area contributed by atoms with Crippen molar-refractivity contribution in [2.24, 2.45) is 0 Å². The van der Waals surface area contributed by atoms with Crippen molar-refractivity contribution < 1.29 is 28.8 Å². The van der Waals surface area contributed by atoms with Gasteiger partial charge >= 0.3 is 0 Å². The molecule has 0 spiro atoms. The molecule has 0 radical (unpaired) electrons. The van der Waals surface area contributed by atoms with Gasteiger partial charge in [0.1, 0.15) is 28.6 Å². The van der Waals surface area contributed by atoms with E-state index in [-0.39, 0.29) is 51.4 Å². The van der Waals surface area contributed by atoms with Gasteiger partial charge in [-0.25, -0.2) is 0 Å². The van der Waals surface area contributed by atoms with Gasteiger partial charge in [0.25, 0.3) is 0 Å². The maximum Gasteiger partial charge on any atom is 0.204 e. The van der Waals surface area contributed by atoms with Crippen LogP contribution in [0.1, 0.15) is 11.7 Å². The Hall–Kier alpha value is -2.48. The van der Waals surface area contributed by atoms with Crippen LogP contribution in [0, 0.1) is 0 Å². The molecule has 2 aliphatic rings. The van der Waals surface area contributed by atoms with E-state index in [1.165, 1.54) is 13.2 Å². The Morgan fingerprint density at radius 1 is 1.37 bits per heavy atom. The highest BCUT2D eigenvalue weighted by Crippen LogP contribution is 2.52. The van der Waals surface area contributed by atoms with Crippen LogP contribution in [0.3, 0.4) is 0 Å². The number of ether oxygens (including phenoxy) is 3. The van der Waals surface area contributed by atoms with Crippen LogP contribution in [0.25, 0.3) is 21.9 Å². The molecule has 8 heteroatoms. The predicted octanol–water partition coefficient (Wildman–Crippen LogP) is 2.46. The largest absolute Gasteiger partial charge is 0.507 e. The monoisotopic (exact) mass is 390 g/mol. The van der Waals surface area contributed by atoms with Gasteiger partial charge in [0.2, 0.25) is 5.43 Å². The number of phenolic OH excluding ortho intramolecular Hbond substituents is 1. The van der Waals surface area contributed by atoms with Gasteiger partial charge in [-0.15, -0.1) is 11.6 Å². The average Bonchev–Trinajstić information content (AvgIpc) is 3.19. The Bertz CT molecular complexity index is 1150. The van der Waals surface area contributed by atoms with E-state index in [0.29, 0.717) is 11.3 Å². The minimum Gasteiger partial charge on any atom is -0.507 e. The molecule has 0 saturated carbocycles. The van der Waals surface area contributed by atoms with E-state index in [1.54, 1.807) is 18.2 Å². The molecule has 0 bridgehead atoms. The molecule has 1 saturated heterocycles. The highest BCUT2D eigenvalue weighted by molar-refractivity contribution is 6.18. The molecule has 1 fully saturated rings. The number of halogens is 1. The Morgan fingerprint density at radius 2 is 2.19 bits per heavy atom. The fourth-order valence-electron chi connectivity index (χ4n) is 3.87. The number of benzene rings is 2. The number of phenols is 1. The molecule has 7 nitrogen and oxygen atoms in total. The normalized spacial score (nSPS) is 26.2. The summed E-state index contributed by atoms with van der Waals surface area (Å²) in [7, 11) is 1.48. The first-order valence-corrected chi connectivity index (χ1v) is 8.88. The summed E-state index contributed by atoms with van der Waals surface area (Å²) in [5, 5.41) is 21.4.